The molecule has 94 valence electrons. The molecule has 0 fully saturated rings. The van der Waals surface area contributed by atoms with E-state index in [1.54, 1.807) is 23.9 Å². The van der Waals surface area contributed by atoms with Crippen LogP contribution in [-0.2, 0) is 5.75 Å². The van der Waals surface area contributed by atoms with E-state index < -0.39 is 0 Å². The number of nitro groups is 1. The molecule has 5 nitrogen and oxygen atoms in total. The summed E-state index contributed by atoms with van der Waals surface area (Å²) in [6.07, 6.45) is 0. The van der Waals surface area contributed by atoms with Crippen LogP contribution in [0.4, 0.5) is 11.4 Å². The number of hydrogen-bond donors (Lipinski definition) is 2. The molecule has 0 bridgehead atoms. The van der Waals surface area contributed by atoms with Crippen molar-refractivity contribution in [2.45, 2.75) is 12.7 Å². The van der Waals surface area contributed by atoms with Gasteiger partial charge in [0, 0.05) is 24.1 Å². The fourth-order valence-electron chi connectivity index (χ4n) is 1.42. The Morgan fingerprint density at radius 1 is 1.53 bits per heavy atom. The van der Waals surface area contributed by atoms with Crippen molar-refractivity contribution in [1.82, 2.24) is 0 Å². The molecule has 0 aliphatic rings. The number of nitro benzene ring substituents is 1. The van der Waals surface area contributed by atoms with Crippen molar-refractivity contribution in [2.75, 3.05) is 24.2 Å². The van der Waals surface area contributed by atoms with Crippen molar-refractivity contribution >= 4 is 23.1 Å². The van der Waals surface area contributed by atoms with Gasteiger partial charge in [-0.1, -0.05) is 6.07 Å². The monoisotopic (exact) mass is 256 g/mol. The second-order valence-corrected chi connectivity index (χ2v) is 4.52. The van der Waals surface area contributed by atoms with Gasteiger partial charge in [0.05, 0.1) is 11.5 Å². The Labute approximate surface area is 104 Å². The molecular weight excluding hydrogens is 240 g/mol. The first kappa shape index (κ1) is 13.8. The molecule has 0 aromatic heterocycles. The quantitative estimate of drug-likeness (QED) is 0.444. The molecule has 0 saturated heterocycles. The molecule has 0 saturated carbocycles. The van der Waals surface area contributed by atoms with E-state index in [1.165, 1.54) is 6.07 Å². The molecule has 6 heteroatoms. The second kappa shape index (κ2) is 7.13. The summed E-state index contributed by atoms with van der Waals surface area (Å²) in [5, 5.41) is 22.5. The lowest BCUT2D eigenvalue weighted by Crippen LogP contribution is -2.02. The van der Waals surface area contributed by atoms with Crippen molar-refractivity contribution < 1.29 is 10.0 Å². The van der Waals surface area contributed by atoms with Crippen LogP contribution in [0, 0.1) is 10.1 Å². The normalized spacial score (nSPS) is 10.2. The minimum atomic E-state index is -0.386. The molecule has 0 spiro atoms. The molecule has 0 aliphatic heterocycles. The van der Waals surface area contributed by atoms with Gasteiger partial charge in [-0.2, -0.15) is 11.8 Å². The topological polar surface area (TPSA) is 75.4 Å². The van der Waals surface area contributed by atoms with Crippen LogP contribution < -0.4 is 5.32 Å². The minimum Gasteiger partial charge on any atom is -0.396 e. The second-order valence-electron chi connectivity index (χ2n) is 3.42. The molecule has 0 atom stereocenters. The van der Waals surface area contributed by atoms with Crippen molar-refractivity contribution in [3.63, 3.8) is 0 Å². The first-order chi connectivity index (χ1) is 8.19. The molecule has 1 aromatic rings. The van der Waals surface area contributed by atoms with Gasteiger partial charge < -0.3 is 10.4 Å². The zero-order valence-corrected chi connectivity index (χ0v) is 10.5. The molecule has 1 aromatic carbocycles. The standard InChI is InChI=1S/C11H16N2O3S/c1-2-12-10-7-9(8-17-6-5-14)3-4-11(10)13(15)16/h3-4,7,12,14H,2,5-6,8H2,1H3. The predicted octanol–water partition coefficient (Wildman–Crippen LogP) is 2.25. The highest BCUT2D eigenvalue weighted by Crippen LogP contribution is 2.26. The smallest absolute Gasteiger partial charge is 0.292 e. The number of rotatable bonds is 7. The van der Waals surface area contributed by atoms with E-state index >= 15 is 0 Å². The highest BCUT2D eigenvalue weighted by Gasteiger charge is 2.13. The summed E-state index contributed by atoms with van der Waals surface area (Å²) in [5.41, 5.74) is 1.67. The average Bonchev–Trinajstić information content (AvgIpc) is 2.30. The molecule has 0 amide bonds. The summed E-state index contributed by atoms with van der Waals surface area (Å²) in [5.74, 6) is 1.42. The molecule has 2 N–H and O–H groups in total. The maximum atomic E-state index is 10.8. The van der Waals surface area contributed by atoms with E-state index in [9.17, 15) is 10.1 Å². The zero-order chi connectivity index (χ0) is 12.7. The van der Waals surface area contributed by atoms with Crippen molar-refractivity contribution in [3.8, 4) is 0 Å². The van der Waals surface area contributed by atoms with Crippen molar-refractivity contribution in [2.24, 2.45) is 0 Å². The van der Waals surface area contributed by atoms with Crippen molar-refractivity contribution in [1.29, 1.82) is 0 Å². The van der Waals surface area contributed by atoms with E-state index in [1.807, 2.05) is 6.92 Å². The van der Waals surface area contributed by atoms with Crippen LogP contribution in [0.3, 0.4) is 0 Å². The van der Waals surface area contributed by atoms with Gasteiger partial charge in [-0.3, -0.25) is 10.1 Å². The lowest BCUT2D eigenvalue weighted by molar-refractivity contribution is -0.384. The highest BCUT2D eigenvalue weighted by atomic mass is 32.2. The third kappa shape index (κ3) is 4.24. The largest absolute Gasteiger partial charge is 0.396 e. The third-order valence-electron chi connectivity index (χ3n) is 2.13. The predicted molar refractivity (Wildman–Crippen MR) is 70.5 cm³/mol. The van der Waals surface area contributed by atoms with Gasteiger partial charge in [-0.25, -0.2) is 0 Å². The number of nitrogens with zero attached hydrogens (tertiary/aromatic N) is 1. The molecule has 1 rings (SSSR count). The minimum absolute atomic E-state index is 0.0998. The highest BCUT2D eigenvalue weighted by molar-refractivity contribution is 7.98. The Morgan fingerprint density at radius 3 is 2.88 bits per heavy atom. The SMILES string of the molecule is CCNc1cc(CSCCO)ccc1[N+](=O)[O-]. The lowest BCUT2D eigenvalue weighted by Gasteiger charge is -2.07. The fraction of sp³-hybridized carbons (Fsp3) is 0.455. The maximum absolute atomic E-state index is 10.8. The Balaban J connectivity index is 2.81. The summed E-state index contributed by atoms with van der Waals surface area (Å²) in [6.45, 7) is 2.70. The fourth-order valence-corrected chi connectivity index (χ4v) is 2.11. The molecule has 0 aliphatic carbocycles. The lowest BCUT2D eigenvalue weighted by atomic mass is 10.2. The number of hydrogen-bond acceptors (Lipinski definition) is 5. The van der Waals surface area contributed by atoms with Gasteiger partial charge in [-0.15, -0.1) is 0 Å². The first-order valence-corrected chi connectivity index (χ1v) is 6.54. The molecule has 0 radical (unpaired) electrons. The Morgan fingerprint density at radius 2 is 2.29 bits per heavy atom. The number of nitrogens with one attached hydrogen (secondary N) is 1. The molecule has 0 unspecified atom stereocenters. The molecule has 0 heterocycles. The Hall–Kier alpha value is -1.27. The number of aliphatic hydroxyl groups is 1. The van der Waals surface area contributed by atoms with Gasteiger partial charge in [0.15, 0.2) is 0 Å². The van der Waals surface area contributed by atoms with E-state index in [2.05, 4.69) is 5.32 Å². The van der Waals surface area contributed by atoms with Crippen LogP contribution in [0.15, 0.2) is 18.2 Å². The summed E-state index contributed by atoms with van der Waals surface area (Å²) in [7, 11) is 0. The zero-order valence-electron chi connectivity index (χ0n) is 9.68. The first-order valence-electron chi connectivity index (χ1n) is 5.38. The average molecular weight is 256 g/mol. The summed E-state index contributed by atoms with van der Waals surface area (Å²) in [6, 6.07) is 5.07. The summed E-state index contributed by atoms with van der Waals surface area (Å²) < 4.78 is 0. The number of anilines is 1. The van der Waals surface area contributed by atoms with E-state index in [4.69, 9.17) is 5.11 Å². The molecule has 17 heavy (non-hydrogen) atoms. The van der Waals surface area contributed by atoms with E-state index in [0.717, 1.165) is 11.3 Å². The van der Waals surface area contributed by atoms with Crippen LogP contribution >= 0.6 is 11.8 Å². The van der Waals surface area contributed by atoms with Crippen molar-refractivity contribution in [3.05, 3.63) is 33.9 Å². The maximum Gasteiger partial charge on any atom is 0.292 e. The number of benzene rings is 1. The third-order valence-corrected chi connectivity index (χ3v) is 3.14. The number of aliphatic hydroxyl groups excluding tert-OH is 1. The Bertz CT molecular complexity index is 385. The van der Waals surface area contributed by atoms with Crippen LogP contribution in [0.1, 0.15) is 12.5 Å². The summed E-state index contributed by atoms with van der Waals surface area (Å²) in [4.78, 5) is 10.4. The van der Waals surface area contributed by atoms with Crippen LogP contribution in [-0.4, -0.2) is 28.9 Å². The Kier molecular flexibility index (Phi) is 5.79. The van der Waals surface area contributed by atoms with Gasteiger partial charge in [0.25, 0.3) is 5.69 Å². The van der Waals surface area contributed by atoms with Crippen LogP contribution in [0.5, 0.6) is 0 Å². The van der Waals surface area contributed by atoms with E-state index in [-0.39, 0.29) is 17.2 Å². The van der Waals surface area contributed by atoms with E-state index in [0.29, 0.717) is 18.0 Å². The number of thioether (sulfide) groups is 1. The molecular formula is C11H16N2O3S. The van der Waals surface area contributed by atoms with Gasteiger partial charge in [-0.05, 0) is 18.6 Å². The van der Waals surface area contributed by atoms with Crippen LogP contribution in [0.2, 0.25) is 0 Å². The summed E-state index contributed by atoms with van der Waals surface area (Å²) >= 11 is 1.60. The van der Waals surface area contributed by atoms with Gasteiger partial charge in [0.2, 0.25) is 0 Å². The van der Waals surface area contributed by atoms with Gasteiger partial charge in [0.1, 0.15) is 5.69 Å². The van der Waals surface area contributed by atoms with Gasteiger partial charge >= 0.3 is 0 Å². The van der Waals surface area contributed by atoms with Crippen LogP contribution in [0.25, 0.3) is 0 Å².